The summed E-state index contributed by atoms with van der Waals surface area (Å²) in [7, 11) is 2.02. The van der Waals surface area contributed by atoms with E-state index in [2.05, 4.69) is 22.7 Å². The van der Waals surface area contributed by atoms with Crippen LogP contribution in [-0.4, -0.2) is 9.72 Å². The van der Waals surface area contributed by atoms with Crippen LogP contribution in [0.3, 0.4) is 0 Å². The van der Waals surface area contributed by atoms with Gasteiger partial charge in [0.15, 0.2) is 0 Å². The fraction of sp³-hybridized carbons (Fsp3) is 0.300. The maximum absolute atomic E-state index is 4.73. The summed E-state index contributed by atoms with van der Waals surface area (Å²) in [6.07, 6.45) is 5.71. The van der Waals surface area contributed by atoms with Crippen molar-refractivity contribution < 1.29 is 4.52 Å². The van der Waals surface area contributed by atoms with Crippen molar-refractivity contribution in [1.82, 2.24) is 15.0 Å². The van der Waals surface area contributed by atoms with Gasteiger partial charge in [0.1, 0.15) is 6.26 Å². The molecule has 0 bridgehead atoms. The van der Waals surface area contributed by atoms with E-state index in [1.165, 1.54) is 5.56 Å². The first-order valence-electron chi connectivity index (χ1n) is 4.55. The Morgan fingerprint density at radius 3 is 3.00 bits per heavy atom. The fourth-order valence-corrected chi connectivity index (χ4v) is 1.33. The van der Waals surface area contributed by atoms with Crippen molar-refractivity contribution in [1.29, 1.82) is 0 Å². The largest absolute Gasteiger partial charge is 0.364 e. The standard InChI is InChI=1S/C10H13N3O/c1-13-4-2-9(8-13)6-11-7-10-3-5-14-12-10/h2-5,8,11H,6-7H2,1H3. The number of aromatic nitrogens is 2. The van der Waals surface area contributed by atoms with Crippen molar-refractivity contribution in [2.24, 2.45) is 7.05 Å². The molecule has 0 fully saturated rings. The molecule has 2 rings (SSSR count). The monoisotopic (exact) mass is 191 g/mol. The summed E-state index contributed by atoms with van der Waals surface area (Å²) >= 11 is 0. The van der Waals surface area contributed by atoms with E-state index in [0.717, 1.165) is 18.8 Å². The number of nitrogens with zero attached hydrogens (tertiary/aromatic N) is 2. The minimum atomic E-state index is 0.741. The zero-order valence-corrected chi connectivity index (χ0v) is 8.10. The summed E-state index contributed by atoms with van der Waals surface area (Å²) in [5, 5.41) is 7.09. The van der Waals surface area contributed by atoms with Gasteiger partial charge >= 0.3 is 0 Å². The molecule has 0 atom stereocenters. The maximum Gasteiger partial charge on any atom is 0.124 e. The van der Waals surface area contributed by atoms with Crippen LogP contribution in [0, 0.1) is 0 Å². The van der Waals surface area contributed by atoms with Crippen LogP contribution < -0.4 is 5.32 Å². The predicted octanol–water partition coefficient (Wildman–Crippen LogP) is 1.30. The molecule has 0 aliphatic heterocycles. The second-order valence-electron chi connectivity index (χ2n) is 3.28. The fourth-order valence-electron chi connectivity index (χ4n) is 1.33. The van der Waals surface area contributed by atoms with E-state index >= 15 is 0 Å². The molecular weight excluding hydrogens is 178 g/mol. The van der Waals surface area contributed by atoms with E-state index in [1.54, 1.807) is 6.26 Å². The molecule has 0 saturated carbocycles. The molecule has 0 spiro atoms. The lowest BCUT2D eigenvalue weighted by molar-refractivity contribution is 0.408. The maximum atomic E-state index is 4.73. The highest BCUT2D eigenvalue weighted by molar-refractivity contribution is 5.09. The Morgan fingerprint density at radius 2 is 2.36 bits per heavy atom. The molecule has 0 radical (unpaired) electrons. The van der Waals surface area contributed by atoms with Crippen LogP contribution in [-0.2, 0) is 20.1 Å². The Bertz CT molecular complexity index is 378. The molecule has 74 valence electrons. The van der Waals surface area contributed by atoms with E-state index in [1.807, 2.05) is 23.9 Å². The number of hydrogen-bond donors (Lipinski definition) is 1. The molecule has 2 aromatic heterocycles. The highest BCUT2D eigenvalue weighted by Gasteiger charge is 1.97. The normalized spacial score (nSPS) is 10.6. The Balaban J connectivity index is 1.78. The lowest BCUT2D eigenvalue weighted by Gasteiger charge is -1.98. The van der Waals surface area contributed by atoms with Gasteiger partial charge in [-0.15, -0.1) is 0 Å². The third-order valence-electron chi connectivity index (χ3n) is 2.02. The average Bonchev–Trinajstić information content (AvgIpc) is 2.77. The average molecular weight is 191 g/mol. The minimum absolute atomic E-state index is 0.741. The third kappa shape index (κ3) is 2.23. The van der Waals surface area contributed by atoms with Crippen molar-refractivity contribution in [2.45, 2.75) is 13.1 Å². The van der Waals surface area contributed by atoms with Gasteiger partial charge in [-0.3, -0.25) is 0 Å². The van der Waals surface area contributed by atoms with Gasteiger partial charge in [-0.05, 0) is 11.6 Å². The summed E-state index contributed by atoms with van der Waals surface area (Å²) in [5.74, 6) is 0. The van der Waals surface area contributed by atoms with E-state index in [9.17, 15) is 0 Å². The molecule has 14 heavy (non-hydrogen) atoms. The van der Waals surface area contributed by atoms with Gasteiger partial charge in [0.2, 0.25) is 0 Å². The van der Waals surface area contributed by atoms with E-state index < -0.39 is 0 Å². The van der Waals surface area contributed by atoms with Crippen LogP contribution >= 0.6 is 0 Å². The molecule has 1 N–H and O–H groups in total. The van der Waals surface area contributed by atoms with Gasteiger partial charge in [0.05, 0.1) is 5.69 Å². The quantitative estimate of drug-likeness (QED) is 0.792. The molecule has 0 amide bonds. The molecule has 4 heteroatoms. The number of aryl methyl sites for hydroxylation is 1. The number of rotatable bonds is 4. The summed E-state index contributed by atoms with van der Waals surface area (Å²) < 4.78 is 6.76. The summed E-state index contributed by atoms with van der Waals surface area (Å²) in [6, 6.07) is 3.95. The Kier molecular flexibility index (Phi) is 2.65. The molecule has 2 heterocycles. The predicted molar refractivity (Wildman–Crippen MR) is 52.5 cm³/mol. The molecule has 0 aliphatic carbocycles. The van der Waals surface area contributed by atoms with Crippen molar-refractivity contribution in [3.8, 4) is 0 Å². The Labute approximate surface area is 82.5 Å². The molecule has 0 aliphatic rings. The topological polar surface area (TPSA) is 43.0 Å². The third-order valence-corrected chi connectivity index (χ3v) is 2.02. The van der Waals surface area contributed by atoms with E-state index in [0.29, 0.717) is 0 Å². The zero-order valence-electron chi connectivity index (χ0n) is 8.10. The smallest absolute Gasteiger partial charge is 0.124 e. The first-order valence-corrected chi connectivity index (χ1v) is 4.55. The van der Waals surface area contributed by atoms with Gasteiger partial charge in [0.25, 0.3) is 0 Å². The van der Waals surface area contributed by atoms with Crippen molar-refractivity contribution in [3.05, 3.63) is 42.0 Å². The Morgan fingerprint density at radius 1 is 1.43 bits per heavy atom. The SMILES string of the molecule is Cn1ccc(CNCc2ccon2)c1. The van der Waals surface area contributed by atoms with Gasteiger partial charge < -0.3 is 14.4 Å². The minimum Gasteiger partial charge on any atom is -0.364 e. The molecule has 0 saturated heterocycles. The first kappa shape index (κ1) is 9.02. The van der Waals surface area contributed by atoms with Crippen LogP contribution in [0.4, 0.5) is 0 Å². The van der Waals surface area contributed by atoms with Crippen molar-refractivity contribution in [2.75, 3.05) is 0 Å². The van der Waals surface area contributed by atoms with Crippen molar-refractivity contribution >= 4 is 0 Å². The van der Waals surface area contributed by atoms with E-state index in [4.69, 9.17) is 4.52 Å². The zero-order chi connectivity index (χ0) is 9.80. The van der Waals surface area contributed by atoms with Crippen LogP contribution in [0.5, 0.6) is 0 Å². The molecular formula is C10H13N3O. The number of hydrogen-bond acceptors (Lipinski definition) is 3. The van der Waals surface area contributed by atoms with E-state index in [-0.39, 0.29) is 0 Å². The van der Waals surface area contributed by atoms with Gasteiger partial charge in [-0.1, -0.05) is 5.16 Å². The summed E-state index contributed by atoms with van der Waals surface area (Å²) in [5.41, 5.74) is 2.21. The van der Waals surface area contributed by atoms with Gasteiger partial charge in [-0.2, -0.15) is 0 Å². The lowest BCUT2D eigenvalue weighted by Crippen LogP contribution is -2.12. The lowest BCUT2D eigenvalue weighted by atomic mass is 10.3. The van der Waals surface area contributed by atoms with Gasteiger partial charge in [0, 0.05) is 38.6 Å². The van der Waals surface area contributed by atoms with Gasteiger partial charge in [-0.25, -0.2) is 0 Å². The van der Waals surface area contributed by atoms with Crippen LogP contribution in [0.15, 0.2) is 35.3 Å². The molecule has 2 aromatic rings. The summed E-state index contributed by atoms with van der Waals surface area (Å²) in [6.45, 7) is 1.60. The van der Waals surface area contributed by atoms with Crippen LogP contribution in [0.1, 0.15) is 11.3 Å². The summed E-state index contributed by atoms with van der Waals surface area (Å²) in [4.78, 5) is 0. The second-order valence-corrected chi connectivity index (χ2v) is 3.28. The molecule has 0 unspecified atom stereocenters. The Hall–Kier alpha value is -1.55. The highest BCUT2D eigenvalue weighted by Crippen LogP contribution is 1.99. The highest BCUT2D eigenvalue weighted by atomic mass is 16.5. The first-order chi connectivity index (χ1) is 6.84. The van der Waals surface area contributed by atoms with Crippen molar-refractivity contribution in [3.63, 3.8) is 0 Å². The van der Waals surface area contributed by atoms with Crippen LogP contribution in [0.25, 0.3) is 0 Å². The van der Waals surface area contributed by atoms with Crippen LogP contribution in [0.2, 0.25) is 0 Å². The molecule has 0 aromatic carbocycles. The molecule has 4 nitrogen and oxygen atoms in total. The number of nitrogens with one attached hydrogen (secondary N) is 1. The second kappa shape index (κ2) is 4.11.